The van der Waals surface area contributed by atoms with E-state index in [4.69, 9.17) is 5.73 Å². The molecule has 1 aliphatic heterocycles. The molecule has 88 valence electrons. The minimum Gasteiger partial charge on any atom is -0.397 e. The summed E-state index contributed by atoms with van der Waals surface area (Å²) in [5.74, 6) is 1.14. The van der Waals surface area contributed by atoms with Crippen molar-refractivity contribution in [1.29, 1.82) is 0 Å². The predicted molar refractivity (Wildman–Crippen MR) is 64.1 cm³/mol. The smallest absolute Gasteiger partial charge is 0.152 e. The van der Waals surface area contributed by atoms with Gasteiger partial charge < -0.3 is 11.1 Å². The summed E-state index contributed by atoms with van der Waals surface area (Å²) in [5.41, 5.74) is 7.05. The Bertz CT molecular complexity index is 499. The lowest BCUT2D eigenvalue weighted by Gasteiger charge is -2.12. The van der Waals surface area contributed by atoms with Crippen molar-refractivity contribution in [1.82, 2.24) is 4.98 Å². The van der Waals surface area contributed by atoms with Crippen molar-refractivity contribution in [3.8, 4) is 0 Å². The van der Waals surface area contributed by atoms with Crippen LogP contribution in [-0.4, -0.2) is 30.9 Å². The van der Waals surface area contributed by atoms with Crippen molar-refractivity contribution < 1.29 is 8.42 Å². The van der Waals surface area contributed by atoms with Gasteiger partial charge in [0.15, 0.2) is 9.84 Å². The van der Waals surface area contributed by atoms with Crippen molar-refractivity contribution in [3.63, 3.8) is 0 Å². The number of nitrogen functional groups attached to an aromatic ring is 1. The molecule has 0 aromatic carbocycles. The van der Waals surface area contributed by atoms with Crippen LogP contribution in [0.3, 0.4) is 0 Å². The molecule has 1 aromatic heterocycles. The Morgan fingerprint density at radius 3 is 2.81 bits per heavy atom. The number of anilines is 2. The van der Waals surface area contributed by atoms with E-state index in [-0.39, 0.29) is 17.5 Å². The van der Waals surface area contributed by atoms with E-state index in [9.17, 15) is 8.42 Å². The molecular weight excluding hydrogens is 226 g/mol. The lowest BCUT2D eigenvalue weighted by molar-refractivity contribution is 0.602. The number of nitrogens with zero attached hydrogens (tertiary/aromatic N) is 1. The highest BCUT2D eigenvalue weighted by atomic mass is 32.2. The maximum Gasteiger partial charge on any atom is 0.152 e. The highest BCUT2D eigenvalue weighted by Gasteiger charge is 2.27. The van der Waals surface area contributed by atoms with Crippen molar-refractivity contribution in [2.24, 2.45) is 0 Å². The number of hydrogen-bond acceptors (Lipinski definition) is 5. The van der Waals surface area contributed by atoms with E-state index in [1.165, 1.54) is 0 Å². The first-order chi connectivity index (χ1) is 7.46. The maximum atomic E-state index is 11.3. The lowest BCUT2D eigenvalue weighted by atomic mass is 10.2. The van der Waals surface area contributed by atoms with Gasteiger partial charge in [0, 0.05) is 6.04 Å². The van der Waals surface area contributed by atoms with E-state index in [1.807, 2.05) is 6.92 Å². The molecule has 0 spiro atoms. The number of nitrogens with two attached hydrogens (primary N) is 1. The Kier molecular flexibility index (Phi) is 2.75. The number of aryl methyl sites for hydroxylation is 1. The van der Waals surface area contributed by atoms with E-state index in [1.54, 1.807) is 12.1 Å². The van der Waals surface area contributed by atoms with E-state index >= 15 is 0 Å². The maximum absolute atomic E-state index is 11.3. The van der Waals surface area contributed by atoms with Gasteiger partial charge in [0.25, 0.3) is 0 Å². The van der Waals surface area contributed by atoms with Gasteiger partial charge in [-0.25, -0.2) is 13.4 Å². The first-order valence-corrected chi connectivity index (χ1v) is 6.98. The summed E-state index contributed by atoms with van der Waals surface area (Å²) < 4.78 is 22.5. The molecule has 1 aromatic rings. The molecule has 1 fully saturated rings. The summed E-state index contributed by atoms with van der Waals surface area (Å²) in [4.78, 5) is 4.25. The zero-order valence-electron chi connectivity index (χ0n) is 9.10. The Labute approximate surface area is 95.0 Å². The summed E-state index contributed by atoms with van der Waals surface area (Å²) in [5, 5.41) is 3.12. The van der Waals surface area contributed by atoms with Crippen LogP contribution in [0.5, 0.6) is 0 Å². The fourth-order valence-electron chi connectivity index (χ4n) is 1.77. The van der Waals surface area contributed by atoms with E-state index in [2.05, 4.69) is 10.3 Å². The van der Waals surface area contributed by atoms with Gasteiger partial charge >= 0.3 is 0 Å². The second-order valence-electron chi connectivity index (χ2n) is 4.12. The van der Waals surface area contributed by atoms with Crippen molar-refractivity contribution in [2.45, 2.75) is 19.4 Å². The molecule has 2 heterocycles. The average molecular weight is 241 g/mol. The first-order valence-electron chi connectivity index (χ1n) is 5.16. The van der Waals surface area contributed by atoms with Crippen LogP contribution in [0.4, 0.5) is 11.5 Å². The van der Waals surface area contributed by atoms with Gasteiger partial charge in [0.05, 0.1) is 22.9 Å². The minimum atomic E-state index is -2.85. The molecule has 0 bridgehead atoms. The highest BCUT2D eigenvalue weighted by molar-refractivity contribution is 7.91. The first kappa shape index (κ1) is 11.2. The summed E-state index contributed by atoms with van der Waals surface area (Å²) in [6.45, 7) is 1.83. The number of hydrogen-bond donors (Lipinski definition) is 2. The molecule has 0 saturated carbocycles. The van der Waals surface area contributed by atoms with Gasteiger partial charge in [-0.1, -0.05) is 0 Å². The van der Waals surface area contributed by atoms with Gasteiger partial charge in [0.2, 0.25) is 0 Å². The van der Waals surface area contributed by atoms with Crippen LogP contribution in [0.2, 0.25) is 0 Å². The number of aromatic nitrogens is 1. The predicted octanol–water partition coefficient (Wildman–Crippen LogP) is 0.571. The number of sulfone groups is 1. The van der Waals surface area contributed by atoms with Crippen LogP contribution in [0.25, 0.3) is 0 Å². The molecular formula is C10H15N3O2S. The lowest BCUT2D eigenvalue weighted by Crippen LogP contribution is -2.21. The Balaban J connectivity index is 2.08. The van der Waals surface area contributed by atoms with Gasteiger partial charge in [-0.2, -0.15) is 0 Å². The molecule has 1 atom stereocenters. The summed E-state index contributed by atoms with van der Waals surface area (Å²) in [7, 11) is -2.85. The third-order valence-electron chi connectivity index (χ3n) is 2.71. The van der Waals surface area contributed by atoms with Crippen LogP contribution >= 0.6 is 0 Å². The third-order valence-corrected chi connectivity index (χ3v) is 4.48. The standard InChI is InChI=1S/C10H15N3O2S/c1-7-9(11)2-3-10(12-7)13-8-4-5-16(14,15)6-8/h2-3,8H,4-6,11H2,1H3,(H,12,13). The monoisotopic (exact) mass is 241 g/mol. The van der Waals surface area contributed by atoms with E-state index < -0.39 is 9.84 Å². The third kappa shape index (κ3) is 2.44. The van der Waals surface area contributed by atoms with Crippen molar-refractivity contribution in [3.05, 3.63) is 17.8 Å². The fourth-order valence-corrected chi connectivity index (χ4v) is 3.44. The second-order valence-corrected chi connectivity index (χ2v) is 6.34. The normalized spacial score (nSPS) is 23.2. The van der Waals surface area contributed by atoms with Crippen molar-refractivity contribution in [2.75, 3.05) is 22.6 Å². The van der Waals surface area contributed by atoms with Crippen LogP contribution in [0.1, 0.15) is 12.1 Å². The zero-order valence-corrected chi connectivity index (χ0v) is 9.92. The van der Waals surface area contributed by atoms with Crippen LogP contribution in [0.15, 0.2) is 12.1 Å². The van der Waals surface area contributed by atoms with Gasteiger partial charge in [-0.05, 0) is 25.5 Å². The minimum absolute atomic E-state index is 0.0273. The van der Waals surface area contributed by atoms with Crippen LogP contribution < -0.4 is 11.1 Å². The quantitative estimate of drug-likeness (QED) is 0.790. The van der Waals surface area contributed by atoms with Gasteiger partial charge in [-0.15, -0.1) is 0 Å². The number of nitrogens with one attached hydrogen (secondary N) is 1. The Morgan fingerprint density at radius 1 is 1.50 bits per heavy atom. The molecule has 0 aliphatic carbocycles. The number of pyridine rings is 1. The molecule has 1 saturated heterocycles. The fraction of sp³-hybridized carbons (Fsp3) is 0.500. The molecule has 0 radical (unpaired) electrons. The van der Waals surface area contributed by atoms with E-state index in [0.717, 1.165) is 5.69 Å². The zero-order chi connectivity index (χ0) is 11.8. The molecule has 5 nitrogen and oxygen atoms in total. The van der Waals surface area contributed by atoms with Crippen LogP contribution in [-0.2, 0) is 9.84 Å². The molecule has 1 aliphatic rings. The largest absolute Gasteiger partial charge is 0.397 e. The SMILES string of the molecule is Cc1nc(NC2CCS(=O)(=O)C2)ccc1N. The molecule has 6 heteroatoms. The Hall–Kier alpha value is -1.30. The Morgan fingerprint density at radius 2 is 2.25 bits per heavy atom. The van der Waals surface area contributed by atoms with Crippen molar-refractivity contribution >= 4 is 21.3 Å². The summed E-state index contributed by atoms with van der Waals surface area (Å²) >= 11 is 0. The van der Waals surface area contributed by atoms with Gasteiger partial charge in [0.1, 0.15) is 5.82 Å². The molecule has 2 rings (SSSR count). The van der Waals surface area contributed by atoms with E-state index in [0.29, 0.717) is 17.9 Å². The van der Waals surface area contributed by atoms with Crippen LogP contribution in [0, 0.1) is 6.92 Å². The molecule has 16 heavy (non-hydrogen) atoms. The topological polar surface area (TPSA) is 85.1 Å². The highest BCUT2D eigenvalue weighted by Crippen LogP contribution is 2.18. The average Bonchev–Trinajstić information content (AvgIpc) is 2.52. The summed E-state index contributed by atoms with van der Waals surface area (Å²) in [6.07, 6.45) is 0.646. The summed E-state index contributed by atoms with van der Waals surface area (Å²) in [6, 6.07) is 3.52. The number of rotatable bonds is 2. The molecule has 3 N–H and O–H groups in total. The second kappa shape index (κ2) is 3.93. The van der Waals surface area contributed by atoms with Gasteiger partial charge in [-0.3, -0.25) is 0 Å². The molecule has 0 amide bonds. The molecule has 1 unspecified atom stereocenters.